The Kier molecular flexibility index (Phi) is 10.4. The van der Waals surface area contributed by atoms with Crippen molar-refractivity contribution in [1.29, 1.82) is 0 Å². The second kappa shape index (κ2) is 13.3. The number of nitrogens with zero attached hydrogens (tertiary/aromatic N) is 2. The molecule has 0 aliphatic heterocycles. The predicted molar refractivity (Wildman–Crippen MR) is 151 cm³/mol. The normalized spacial score (nSPS) is 12.4. The number of sulfonamides is 1. The van der Waals surface area contributed by atoms with Gasteiger partial charge in [0.15, 0.2) is 0 Å². The zero-order valence-electron chi connectivity index (χ0n) is 21.9. The molecule has 0 bridgehead atoms. The van der Waals surface area contributed by atoms with E-state index >= 15 is 0 Å². The Morgan fingerprint density at radius 2 is 1.60 bits per heavy atom. The van der Waals surface area contributed by atoms with Gasteiger partial charge in [0.25, 0.3) is 0 Å². The quantitative estimate of drug-likeness (QED) is 0.320. The molecular weight excluding hydrogens is 611 g/mol. The standard InChI is InChI=1S/C28H29BrF3N3O4S/c1-3-33-27(37)25(16-20-9-5-4-6-10-20)34(18-21-11-7-13-23(29)15-21)26(36)19-35(40(2,38)39)24-14-8-12-22(17-24)28(30,31)32/h4-15,17,25H,3,16,18-19H2,1-2H3,(H,33,37)/t25-/m0/s1. The summed E-state index contributed by atoms with van der Waals surface area (Å²) < 4.78 is 67.0. The molecule has 0 aromatic heterocycles. The molecule has 3 aromatic rings. The molecule has 7 nitrogen and oxygen atoms in total. The van der Waals surface area contributed by atoms with E-state index in [2.05, 4.69) is 21.2 Å². The molecule has 40 heavy (non-hydrogen) atoms. The number of likely N-dealkylation sites (N-methyl/N-ethyl adjacent to an activating group) is 1. The van der Waals surface area contributed by atoms with Gasteiger partial charge >= 0.3 is 6.18 Å². The number of hydrogen-bond acceptors (Lipinski definition) is 4. The van der Waals surface area contributed by atoms with Crippen molar-refractivity contribution in [2.45, 2.75) is 32.1 Å². The molecular formula is C28H29BrF3N3O4S. The number of nitrogens with one attached hydrogen (secondary N) is 1. The molecule has 0 spiro atoms. The Bertz CT molecular complexity index is 1440. The zero-order valence-corrected chi connectivity index (χ0v) is 24.3. The van der Waals surface area contributed by atoms with Crippen LogP contribution in [0.4, 0.5) is 18.9 Å². The first-order valence-corrected chi connectivity index (χ1v) is 14.9. The summed E-state index contributed by atoms with van der Waals surface area (Å²) in [6.07, 6.45) is -3.77. The second-order valence-electron chi connectivity index (χ2n) is 9.07. The van der Waals surface area contributed by atoms with E-state index in [-0.39, 0.29) is 18.7 Å². The lowest BCUT2D eigenvalue weighted by atomic mass is 10.0. The van der Waals surface area contributed by atoms with Crippen molar-refractivity contribution >= 4 is 43.5 Å². The van der Waals surface area contributed by atoms with Crippen molar-refractivity contribution in [3.05, 3.63) is 100 Å². The summed E-state index contributed by atoms with van der Waals surface area (Å²) in [5.74, 6) is -1.20. The van der Waals surface area contributed by atoms with Crippen LogP contribution in [-0.4, -0.2) is 50.5 Å². The maximum absolute atomic E-state index is 13.9. The smallest absolute Gasteiger partial charge is 0.355 e. The first kappa shape index (κ1) is 31.2. The number of hydrogen-bond donors (Lipinski definition) is 1. The fourth-order valence-electron chi connectivity index (χ4n) is 4.13. The van der Waals surface area contributed by atoms with E-state index in [9.17, 15) is 31.2 Å². The van der Waals surface area contributed by atoms with Gasteiger partial charge in [0.05, 0.1) is 17.5 Å². The van der Waals surface area contributed by atoms with Gasteiger partial charge in [0.1, 0.15) is 12.6 Å². The van der Waals surface area contributed by atoms with Crippen LogP contribution in [0.5, 0.6) is 0 Å². The Morgan fingerprint density at radius 3 is 2.20 bits per heavy atom. The first-order valence-electron chi connectivity index (χ1n) is 12.3. The Balaban J connectivity index is 2.06. The molecule has 3 rings (SSSR count). The second-order valence-corrected chi connectivity index (χ2v) is 11.9. The highest BCUT2D eigenvalue weighted by atomic mass is 79.9. The fraction of sp³-hybridized carbons (Fsp3) is 0.286. The summed E-state index contributed by atoms with van der Waals surface area (Å²) >= 11 is 3.39. The molecule has 12 heteroatoms. The van der Waals surface area contributed by atoms with Gasteiger partial charge in [-0.1, -0.05) is 64.5 Å². The summed E-state index contributed by atoms with van der Waals surface area (Å²) in [5.41, 5.74) is 0.0609. The maximum Gasteiger partial charge on any atom is 0.416 e. The van der Waals surface area contributed by atoms with E-state index < -0.39 is 46.2 Å². The molecule has 0 aliphatic carbocycles. The van der Waals surface area contributed by atoms with Crippen LogP contribution in [0.25, 0.3) is 0 Å². The molecule has 0 fully saturated rings. The minimum atomic E-state index is -4.71. The molecule has 1 atom stereocenters. The van der Waals surface area contributed by atoms with Crippen LogP contribution in [0.3, 0.4) is 0 Å². The summed E-state index contributed by atoms with van der Waals surface area (Å²) in [6.45, 7) is 1.17. The van der Waals surface area contributed by atoms with E-state index in [1.807, 2.05) is 6.07 Å². The SMILES string of the molecule is CCNC(=O)[C@H](Cc1ccccc1)N(Cc1cccc(Br)c1)C(=O)CN(c1cccc(C(F)(F)F)c1)S(C)(=O)=O. The third kappa shape index (κ3) is 8.56. The zero-order chi connectivity index (χ0) is 29.5. The Labute approximate surface area is 240 Å². The lowest BCUT2D eigenvalue weighted by Crippen LogP contribution is -2.53. The average Bonchev–Trinajstić information content (AvgIpc) is 2.89. The molecule has 214 valence electrons. The molecule has 3 aromatic carbocycles. The molecule has 0 heterocycles. The minimum absolute atomic E-state index is 0.0485. The summed E-state index contributed by atoms with van der Waals surface area (Å²) in [7, 11) is -4.19. The number of rotatable bonds is 11. The van der Waals surface area contributed by atoms with Crippen molar-refractivity contribution in [2.24, 2.45) is 0 Å². The number of amides is 2. The monoisotopic (exact) mass is 639 g/mol. The molecule has 0 saturated heterocycles. The third-order valence-electron chi connectivity index (χ3n) is 6.00. The van der Waals surface area contributed by atoms with Gasteiger partial charge in [-0.3, -0.25) is 13.9 Å². The van der Waals surface area contributed by atoms with Gasteiger partial charge in [-0.2, -0.15) is 13.2 Å². The molecule has 0 saturated carbocycles. The number of benzene rings is 3. The van der Waals surface area contributed by atoms with Crippen molar-refractivity contribution in [2.75, 3.05) is 23.7 Å². The van der Waals surface area contributed by atoms with Crippen LogP contribution in [-0.2, 0) is 38.8 Å². The van der Waals surface area contributed by atoms with Gasteiger partial charge in [0.2, 0.25) is 21.8 Å². The lowest BCUT2D eigenvalue weighted by molar-refractivity contribution is -0.140. The maximum atomic E-state index is 13.9. The van der Waals surface area contributed by atoms with Gasteiger partial charge in [-0.05, 0) is 48.4 Å². The highest BCUT2D eigenvalue weighted by Crippen LogP contribution is 2.32. The summed E-state index contributed by atoms with van der Waals surface area (Å²) in [6, 6.07) is 18.8. The Morgan fingerprint density at radius 1 is 0.950 bits per heavy atom. The van der Waals surface area contributed by atoms with Crippen molar-refractivity contribution in [1.82, 2.24) is 10.2 Å². The number of alkyl halides is 3. The molecule has 0 aliphatic rings. The molecule has 0 unspecified atom stereocenters. The van der Waals surface area contributed by atoms with E-state index in [4.69, 9.17) is 0 Å². The Hall–Kier alpha value is -3.38. The first-order chi connectivity index (χ1) is 18.8. The van der Waals surface area contributed by atoms with Crippen LogP contribution in [0.15, 0.2) is 83.3 Å². The van der Waals surface area contributed by atoms with Crippen molar-refractivity contribution in [3.8, 4) is 0 Å². The van der Waals surface area contributed by atoms with Crippen molar-refractivity contribution < 1.29 is 31.2 Å². The van der Waals surface area contributed by atoms with Crippen LogP contribution in [0.1, 0.15) is 23.6 Å². The fourth-order valence-corrected chi connectivity index (χ4v) is 5.42. The predicted octanol–water partition coefficient (Wildman–Crippen LogP) is 5.01. The van der Waals surface area contributed by atoms with Crippen LogP contribution >= 0.6 is 15.9 Å². The largest absolute Gasteiger partial charge is 0.416 e. The van der Waals surface area contributed by atoms with Crippen LogP contribution in [0, 0.1) is 0 Å². The molecule has 2 amide bonds. The number of anilines is 1. The minimum Gasteiger partial charge on any atom is -0.355 e. The average molecular weight is 641 g/mol. The van der Waals surface area contributed by atoms with E-state index in [0.29, 0.717) is 22.5 Å². The number of carbonyl (C=O) groups is 2. The molecule has 1 N–H and O–H groups in total. The van der Waals surface area contributed by atoms with Crippen molar-refractivity contribution in [3.63, 3.8) is 0 Å². The van der Waals surface area contributed by atoms with Gasteiger partial charge < -0.3 is 10.2 Å². The number of carbonyl (C=O) groups excluding carboxylic acids is 2. The van der Waals surface area contributed by atoms with Crippen LogP contribution < -0.4 is 9.62 Å². The van der Waals surface area contributed by atoms with E-state index in [1.165, 1.54) is 11.0 Å². The summed E-state index contributed by atoms with van der Waals surface area (Å²) in [4.78, 5) is 28.4. The lowest BCUT2D eigenvalue weighted by Gasteiger charge is -2.33. The third-order valence-corrected chi connectivity index (χ3v) is 7.64. The van der Waals surface area contributed by atoms with E-state index in [1.54, 1.807) is 55.5 Å². The highest BCUT2D eigenvalue weighted by Gasteiger charge is 2.34. The van der Waals surface area contributed by atoms with Gasteiger partial charge in [-0.15, -0.1) is 0 Å². The topological polar surface area (TPSA) is 86.8 Å². The number of halogens is 4. The van der Waals surface area contributed by atoms with E-state index in [0.717, 1.165) is 28.4 Å². The van der Waals surface area contributed by atoms with Gasteiger partial charge in [0, 0.05) is 24.0 Å². The van der Waals surface area contributed by atoms with Gasteiger partial charge in [-0.25, -0.2) is 8.42 Å². The summed E-state index contributed by atoms with van der Waals surface area (Å²) in [5, 5.41) is 2.74. The van der Waals surface area contributed by atoms with Crippen LogP contribution in [0.2, 0.25) is 0 Å². The highest BCUT2D eigenvalue weighted by molar-refractivity contribution is 9.10. The molecule has 0 radical (unpaired) electrons.